The van der Waals surface area contributed by atoms with E-state index in [0.717, 1.165) is 11.3 Å². The molecule has 2 aromatic rings. The Balaban J connectivity index is 1.41. The summed E-state index contributed by atoms with van der Waals surface area (Å²) in [6.07, 6.45) is 0.419. The summed E-state index contributed by atoms with van der Waals surface area (Å²) < 4.78 is 0. The van der Waals surface area contributed by atoms with E-state index in [4.69, 9.17) is 0 Å². The molecule has 10 heteroatoms. The topological polar surface area (TPSA) is 112 Å². The standard InChI is InChI=1S/C19H23N5O3S2/c1-12-10-28-18(21-12)24-17(27)11-29-19-22-14(8-16(26)23-19)7-15(25)20-9-13-5-3-2-4-6-13/h2-6,10,14,19,22H,7-9,11H2,1H3,(H,20,25)(H,23,26)(H,21,24,27). The zero-order valence-corrected chi connectivity index (χ0v) is 17.6. The number of aromatic nitrogens is 1. The predicted molar refractivity (Wildman–Crippen MR) is 114 cm³/mol. The van der Waals surface area contributed by atoms with Crippen LogP contribution in [0.1, 0.15) is 24.1 Å². The number of rotatable bonds is 8. The molecule has 0 spiro atoms. The molecule has 2 heterocycles. The molecular formula is C19H23N5O3S2. The number of nitrogens with zero attached hydrogens (tertiary/aromatic N) is 1. The van der Waals surface area contributed by atoms with Crippen molar-refractivity contribution in [2.45, 2.75) is 37.8 Å². The highest BCUT2D eigenvalue weighted by molar-refractivity contribution is 8.00. The summed E-state index contributed by atoms with van der Waals surface area (Å²) in [5, 5.41) is 14.0. The van der Waals surface area contributed by atoms with Gasteiger partial charge in [-0.15, -0.1) is 23.1 Å². The van der Waals surface area contributed by atoms with Crippen molar-refractivity contribution in [3.8, 4) is 0 Å². The van der Waals surface area contributed by atoms with Gasteiger partial charge in [-0.05, 0) is 12.5 Å². The molecule has 1 fully saturated rings. The average Bonchev–Trinajstić information content (AvgIpc) is 3.10. The molecule has 2 atom stereocenters. The van der Waals surface area contributed by atoms with E-state index in [1.54, 1.807) is 0 Å². The molecule has 154 valence electrons. The van der Waals surface area contributed by atoms with Crippen molar-refractivity contribution in [3.63, 3.8) is 0 Å². The van der Waals surface area contributed by atoms with E-state index in [0.29, 0.717) is 11.7 Å². The third kappa shape index (κ3) is 7.15. The fraction of sp³-hybridized carbons (Fsp3) is 0.368. The van der Waals surface area contributed by atoms with Gasteiger partial charge in [-0.2, -0.15) is 0 Å². The molecule has 1 aliphatic heterocycles. The fourth-order valence-electron chi connectivity index (χ4n) is 2.78. The first kappa shape index (κ1) is 21.3. The first-order chi connectivity index (χ1) is 14.0. The first-order valence-electron chi connectivity index (χ1n) is 9.17. The van der Waals surface area contributed by atoms with Gasteiger partial charge in [-0.3, -0.25) is 19.7 Å². The predicted octanol–water partition coefficient (Wildman–Crippen LogP) is 1.59. The molecule has 2 unspecified atom stereocenters. The number of carbonyl (C=O) groups is 3. The summed E-state index contributed by atoms with van der Waals surface area (Å²) in [4.78, 5) is 40.4. The maximum absolute atomic E-state index is 12.2. The summed E-state index contributed by atoms with van der Waals surface area (Å²) in [5.74, 6) is -0.299. The largest absolute Gasteiger partial charge is 0.352 e. The highest BCUT2D eigenvalue weighted by atomic mass is 32.2. The van der Waals surface area contributed by atoms with Gasteiger partial charge in [0.25, 0.3) is 0 Å². The van der Waals surface area contributed by atoms with Crippen molar-refractivity contribution in [1.82, 2.24) is 20.9 Å². The second-order valence-corrected chi connectivity index (χ2v) is 8.59. The lowest BCUT2D eigenvalue weighted by Crippen LogP contribution is -2.56. The number of aryl methyl sites for hydroxylation is 1. The third-order valence-corrected chi connectivity index (χ3v) is 6.01. The highest BCUT2D eigenvalue weighted by Gasteiger charge is 2.28. The molecule has 1 saturated heterocycles. The molecule has 0 bridgehead atoms. The number of hydrogen-bond acceptors (Lipinski definition) is 7. The SMILES string of the molecule is Cc1csc(NC(=O)CSC2NC(=O)CC(CC(=O)NCc3ccccc3)N2)n1. The molecule has 4 N–H and O–H groups in total. The van der Waals surface area contributed by atoms with Crippen LogP contribution in [-0.2, 0) is 20.9 Å². The summed E-state index contributed by atoms with van der Waals surface area (Å²) in [6, 6.07) is 9.37. The maximum Gasteiger partial charge on any atom is 0.236 e. The fourth-order valence-corrected chi connectivity index (χ4v) is 4.38. The van der Waals surface area contributed by atoms with Crippen LogP contribution in [-0.4, -0.2) is 40.0 Å². The lowest BCUT2D eigenvalue weighted by Gasteiger charge is -2.30. The van der Waals surface area contributed by atoms with E-state index in [2.05, 4.69) is 26.3 Å². The Bertz CT molecular complexity index is 859. The maximum atomic E-state index is 12.2. The number of carbonyl (C=O) groups excluding carboxylic acids is 3. The van der Waals surface area contributed by atoms with Crippen molar-refractivity contribution < 1.29 is 14.4 Å². The second-order valence-electron chi connectivity index (χ2n) is 6.63. The van der Waals surface area contributed by atoms with Crippen LogP contribution in [0.25, 0.3) is 0 Å². The Morgan fingerprint density at radius 1 is 1.28 bits per heavy atom. The van der Waals surface area contributed by atoms with Crippen LogP contribution in [0.4, 0.5) is 5.13 Å². The van der Waals surface area contributed by atoms with Crippen LogP contribution < -0.4 is 21.3 Å². The first-order valence-corrected chi connectivity index (χ1v) is 11.1. The van der Waals surface area contributed by atoms with Gasteiger partial charge in [0, 0.05) is 30.8 Å². The van der Waals surface area contributed by atoms with Crippen molar-refractivity contribution in [1.29, 1.82) is 0 Å². The molecule has 1 aliphatic rings. The van der Waals surface area contributed by atoms with Gasteiger partial charge in [-0.1, -0.05) is 30.3 Å². The van der Waals surface area contributed by atoms with Crippen LogP contribution >= 0.6 is 23.1 Å². The normalized spacial score (nSPS) is 18.7. The van der Waals surface area contributed by atoms with Crippen molar-refractivity contribution in [2.75, 3.05) is 11.1 Å². The number of benzene rings is 1. The Morgan fingerprint density at radius 3 is 2.79 bits per heavy atom. The minimum absolute atomic E-state index is 0.123. The number of nitrogens with one attached hydrogen (secondary N) is 4. The Hall–Kier alpha value is -2.43. The lowest BCUT2D eigenvalue weighted by atomic mass is 10.1. The molecule has 3 rings (SSSR count). The van der Waals surface area contributed by atoms with Crippen LogP contribution in [0.2, 0.25) is 0 Å². The van der Waals surface area contributed by atoms with Crippen molar-refractivity contribution >= 4 is 46.0 Å². The zero-order chi connectivity index (χ0) is 20.6. The van der Waals surface area contributed by atoms with Gasteiger partial charge in [0.1, 0.15) is 5.50 Å². The molecule has 3 amide bonds. The number of amides is 3. The smallest absolute Gasteiger partial charge is 0.236 e. The van der Waals surface area contributed by atoms with Crippen molar-refractivity contribution in [2.24, 2.45) is 0 Å². The Kier molecular flexibility index (Phi) is 7.62. The van der Waals surface area contributed by atoms with E-state index in [-0.39, 0.29) is 42.4 Å². The molecule has 8 nitrogen and oxygen atoms in total. The number of thioether (sulfide) groups is 1. The number of hydrogen-bond donors (Lipinski definition) is 4. The number of anilines is 1. The van der Waals surface area contributed by atoms with Gasteiger partial charge in [0.15, 0.2) is 5.13 Å². The van der Waals surface area contributed by atoms with Crippen LogP contribution in [0.3, 0.4) is 0 Å². The third-order valence-electron chi connectivity index (χ3n) is 4.12. The number of thiazole rings is 1. The summed E-state index contributed by atoms with van der Waals surface area (Å²) in [7, 11) is 0. The minimum Gasteiger partial charge on any atom is -0.352 e. The van der Waals surface area contributed by atoms with E-state index in [1.807, 2.05) is 42.6 Å². The summed E-state index contributed by atoms with van der Waals surface area (Å²) in [5.41, 5.74) is 1.45. The Labute approximate surface area is 177 Å². The molecule has 1 aromatic carbocycles. The molecule has 1 aromatic heterocycles. The second kappa shape index (κ2) is 10.4. The van der Waals surface area contributed by atoms with Gasteiger partial charge in [0.05, 0.1) is 11.4 Å². The molecule has 0 aliphatic carbocycles. The van der Waals surface area contributed by atoms with Crippen LogP contribution in [0.15, 0.2) is 35.7 Å². The van der Waals surface area contributed by atoms with Gasteiger partial charge in [0.2, 0.25) is 17.7 Å². The monoisotopic (exact) mass is 433 g/mol. The van der Waals surface area contributed by atoms with E-state index >= 15 is 0 Å². The van der Waals surface area contributed by atoms with E-state index < -0.39 is 5.50 Å². The van der Waals surface area contributed by atoms with E-state index in [9.17, 15) is 14.4 Å². The summed E-state index contributed by atoms with van der Waals surface area (Å²) in [6.45, 7) is 2.31. The Morgan fingerprint density at radius 2 is 2.07 bits per heavy atom. The lowest BCUT2D eigenvalue weighted by molar-refractivity contribution is -0.125. The minimum atomic E-state index is -0.424. The van der Waals surface area contributed by atoms with Gasteiger partial charge in [-0.25, -0.2) is 4.98 Å². The zero-order valence-electron chi connectivity index (χ0n) is 15.9. The van der Waals surface area contributed by atoms with Crippen LogP contribution in [0.5, 0.6) is 0 Å². The average molecular weight is 434 g/mol. The molecule has 0 saturated carbocycles. The molecule has 29 heavy (non-hydrogen) atoms. The summed E-state index contributed by atoms with van der Waals surface area (Å²) >= 11 is 2.63. The van der Waals surface area contributed by atoms with E-state index in [1.165, 1.54) is 23.1 Å². The van der Waals surface area contributed by atoms with Crippen molar-refractivity contribution in [3.05, 3.63) is 47.0 Å². The van der Waals surface area contributed by atoms with Gasteiger partial charge < -0.3 is 16.0 Å². The van der Waals surface area contributed by atoms with Crippen LogP contribution in [0, 0.1) is 6.92 Å². The molecular weight excluding hydrogens is 410 g/mol. The van der Waals surface area contributed by atoms with Gasteiger partial charge >= 0.3 is 0 Å². The molecule has 0 radical (unpaired) electrons. The quantitative estimate of drug-likeness (QED) is 0.503. The highest BCUT2D eigenvalue weighted by Crippen LogP contribution is 2.17.